The number of hydrogen-bond donors (Lipinski definition) is 1. The van der Waals surface area contributed by atoms with E-state index in [1.807, 2.05) is 30.9 Å². The van der Waals surface area contributed by atoms with Crippen molar-refractivity contribution in [3.05, 3.63) is 24.2 Å². The maximum absolute atomic E-state index is 11.9. The van der Waals surface area contributed by atoms with E-state index in [2.05, 4.69) is 12.2 Å². The molecule has 1 unspecified atom stereocenters. The Labute approximate surface area is 121 Å². The van der Waals surface area contributed by atoms with Crippen LogP contribution in [-0.2, 0) is 11.2 Å². The number of likely N-dealkylation sites (tertiary alicyclic amines) is 1. The highest BCUT2D eigenvalue weighted by Crippen LogP contribution is 2.14. The van der Waals surface area contributed by atoms with Gasteiger partial charge in [-0.3, -0.25) is 4.79 Å². The van der Waals surface area contributed by atoms with E-state index in [1.165, 1.54) is 0 Å². The van der Waals surface area contributed by atoms with E-state index in [1.54, 1.807) is 6.26 Å². The van der Waals surface area contributed by atoms with E-state index >= 15 is 0 Å². The van der Waals surface area contributed by atoms with Gasteiger partial charge in [-0.25, -0.2) is 0 Å². The molecule has 1 atom stereocenters. The summed E-state index contributed by atoms with van der Waals surface area (Å²) in [4.78, 5) is 13.9. The summed E-state index contributed by atoms with van der Waals surface area (Å²) >= 11 is 0. The molecule has 0 aromatic carbocycles. The molecule has 112 valence electrons. The monoisotopic (exact) mass is 278 g/mol. The number of rotatable bonds is 5. The summed E-state index contributed by atoms with van der Waals surface area (Å²) in [5.74, 6) is 1.42. The van der Waals surface area contributed by atoms with Crippen molar-refractivity contribution in [3.63, 3.8) is 0 Å². The molecule has 4 nitrogen and oxygen atoms in total. The van der Waals surface area contributed by atoms with Gasteiger partial charge in [0.05, 0.1) is 6.26 Å². The maximum Gasteiger partial charge on any atom is 0.225 e. The third-order valence-electron chi connectivity index (χ3n) is 3.91. The third kappa shape index (κ3) is 4.10. The second-order valence-electron chi connectivity index (χ2n) is 6.11. The fraction of sp³-hybridized carbons (Fsp3) is 0.688. The summed E-state index contributed by atoms with van der Waals surface area (Å²) in [5.41, 5.74) is 0. The van der Waals surface area contributed by atoms with Crippen molar-refractivity contribution in [1.29, 1.82) is 0 Å². The summed E-state index contributed by atoms with van der Waals surface area (Å²) in [7, 11) is 0. The van der Waals surface area contributed by atoms with Crippen LogP contribution in [0.3, 0.4) is 0 Å². The van der Waals surface area contributed by atoms with E-state index in [9.17, 15) is 4.79 Å². The average Bonchev–Trinajstić information content (AvgIpc) is 2.91. The summed E-state index contributed by atoms with van der Waals surface area (Å²) in [6.45, 7) is 7.88. The van der Waals surface area contributed by atoms with Crippen molar-refractivity contribution < 1.29 is 9.21 Å². The third-order valence-corrected chi connectivity index (χ3v) is 3.91. The van der Waals surface area contributed by atoms with E-state index in [0.717, 1.165) is 38.1 Å². The Morgan fingerprint density at radius 2 is 2.10 bits per heavy atom. The number of piperidine rings is 1. The van der Waals surface area contributed by atoms with Gasteiger partial charge in [-0.15, -0.1) is 0 Å². The molecule has 0 bridgehead atoms. The molecule has 2 heterocycles. The molecule has 0 saturated carbocycles. The minimum absolute atomic E-state index is 0.109. The molecule has 1 N–H and O–H groups in total. The van der Waals surface area contributed by atoms with E-state index in [0.29, 0.717) is 12.1 Å². The standard InChI is InChI=1S/C16H26N2O2/c1-12(2)16(19)18-8-6-14(7-9-18)17-13(3)11-15-5-4-10-20-15/h4-5,10,12-14,17H,6-9,11H2,1-3H3. The van der Waals surface area contributed by atoms with Crippen molar-refractivity contribution in [2.45, 2.75) is 52.1 Å². The Bertz CT molecular complexity index is 406. The van der Waals surface area contributed by atoms with Crippen LogP contribution < -0.4 is 5.32 Å². The molecule has 1 amide bonds. The van der Waals surface area contributed by atoms with Crippen LogP contribution in [0.4, 0.5) is 0 Å². The molecule has 4 heteroatoms. The predicted octanol–water partition coefficient (Wildman–Crippen LogP) is 2.45. The minimum atomic E-state index is 0.109. The van der Waals surface area contributed by atoms with E-state index < -0.39 is 0 Å². The zero-order valence-corrected chi connectivity index (χ0v) is 12.8. The molecule has 1 aliphatic rings. The van der Waals surface area contributed by atoms with Gasteiger partial charge in [0.25, 0.3) is 0 Å². The van der Waals surface area contributed by atoms with Gasteiger partial charge in [0.1, 0.15) is 5.76 Å². The Balaban J connectivity index is 1.72. The van der Waals surface area contributed by atoms with Gasteiger partial charge >= 0.3 is 0 Å². The lowest BCUT2D eigenvalue weighted by Gasteiger charge is -2.34. The SMILES string of the molecule is CC(Cc1ccco1)NC1CCN(C(=O)C(C)C)CC1. The fourth-order valence-corrected chi connectivity index (χ4v) is 2.82. The van der Waals surface area contributed by atoms with Crippen molar-refractivity contribution in [3.8, 4) is 0 Å². The number of nitrogens with one attached hydrogen (secondary N) is 1. The van der Waals surface area contributed by atoms with Crippen molar-refractivity contribution in [2.75, 3.05) is 13.1 Å². The molecule has 0 aliphatic carbocycles. The van der Waals surface area contributed by atoms with Gasteiger partial charge in [-0.05, 0) is 31.9 Å². The number of carbonyl (C=O) groups is 1. The Morgan fingerprint density at radius 1 is 1.40 bits per heavy atom. The first-order valence-electron chi connectivity index (χ1n) is 7.63. The Morgan fingerprint density at radius 3 is 2.65 bits per heavy atom. The van der Waals surface area contributed by atoms with Gasteiger partial charge in [-0.2, -0.15) is 0 Å². The number of hydrogen-bond acceptors (Lipinski definition) is 3. The Kier molecular flexibility index (Phi) is 5.24. The number of amides is 1. The van der Waals surface area contributed by atoms with Crippen molar-refractivity contribution in [2.24, 2.45) is 5.92 Å². The summed E-state index contributed by atoms with van der Waals surface area (Å²) < 4.78 is 5.38. The van der Waals surface area contributed by atoms with Crippen LogP contribution in [-0.4, -0.2) is 36.0 Å². The van der Waals surface area contributed by atoms with Crippen LogP contribution in [0.1, 0.15) is 39.4 Å². The molecule has 1 saturated heterocycles. The molecular formula is C16H26N2O2. The van der Waals surface area contributed by atoms with Crippen LogP contribution >= 0.6 is 0 Å². The second-order valence-corrected chi connectivity index (χ2v) is 6.11. The van der Waals surface area contributed by atoms with Crippen molar-refractivity contribution in [1.82, 2.24) is 10.2 Å². The molecule has 1 aromatic rings. The fourth-order valence-electron chi connectivity index (χ4n) is 2.82. The molecule has 0 radical (unpaired) electrons. The zero-order valence-electron chi connectivity index (χ0n) is 12.8. The average molecular weight is 278 g/mol. The molecule has 1 aromatic heterocycles. The minimum Gasteiger partial charge on any atom is -0.469 e. The molecule has 2 rings (SSSR count). The zero-order chi connectivity index (χ0) is 14.5. The predicted molar refractivity (Wildman–Crippen MR) is 79.4 cm³/mol. The first kappa shape index (κ1) is 15.1. The van der Waals surface area contributed by atoms with Crippen molar-refractivity contribution >= 4 is 5.91 Å². The lowest BCUT2D eigenvalue weighted by Crippen LogP contribution is -2.48. The lowest BCUT2D eigenvalue weighted by atomic mass is 10.0. The first-order chi connectivity index (χ1) is 9.56. The number of carbonyl (C=O) groups excluding carboxylic acids is 1. The highest BCUT2D eigenvalue weighted by atomic mass is 16.3. The van der Waals surface area contributed by atoms with Gasteiger partial charge in [-0.1, -0.05) is 13.8 Å². The summed E-state index contributed by atoms with van der Waals surface area (Å²) in [5, 5.41) is 3.65. The largest absolute Gasteiger partial charge is 0.469 e. The Hall–Kier alpha value is -1.29. The lowest BCUT2D eigenvalue weighted by molar-refractivity contribution is -0.135. The van der Waals surface area contributed by atoms with Crippen LogP contribution in [0, 0.1) is 5.92 Å². The van der Waals surface area contributed by atoms with Crippen LogP contribution in [0.5, 0.6) is 0 Å². The van der Waals surface area contributed by atoms with Gasteiger partial charge in [0, 0.05) is 37.5 Å². The highest BCUT2D eigenvalue weighted by molar-refractivity contribution is 5.78. The second kappa shape index (κ2) is 6.93. The van der Waals surface area contributed by atoms with E-state index in [4.69, 9.17) is 4.42 Å². The normalized spacial score (nSPS) is 18.5. The highest BCUT2D eigenvalue weighted by Gasteiger charge is 2.24. The summed E-state index contributed by atoms with van der Waals surface area (Å²) in [6.07, 6.45) is 4.72. The topological polar surface area (TPSA) is 45.5 Å². The molecule has 20 heavy (non-hydrogen) atoms. The van der Waals surface area contributed by atoms with Crippen LogP contribution in [0.25, 0.3) is 0 Å². The number of nitrogens with zero attached hydrogens (tertiary/aromatic N) is 1. The quantitative estimate of drug-likeness (QED) is 0.900. The maximum atomic E-state index is 11.9. The van der Waals surface area contributed by atoms with Gasteiger partial charge in [0.15, 0.2) is 0 Å². The van der Waals surface area contributed by atoms with Crippen LogP contribution in [0.15, 0.2) is 22.8 Å². The van der Waals surface area contributed by atoms with Crippen LogP contribution in [0.2, 0.25) is 0 Å². The molecule has 1 aliphatic heterocycles. The van der Waals surface area contributed by atoms with Gasteiger partial charge in [0.2, 0.25) is 5.91 Å². The smallest absolute Gasteiger partial charge is 0.225 e. The van der Waals surface area contributed by atoms with E-state index in [-0.39, 0.29) is 11.8 Å². The van der Waals surface area contributed by atoms with Gasteiger partial charge < -0.3 is 14.6 Å². The molecule has 0 spiro atoms. The first-order valence-corrected chi connectivity index (χ1v) is 7.63. The summed E-state index contributed by atoms with van der Waals surface area (Å²) in [6, 6.07) is 4.86. The number of furan rings is 1. The molecular weight excluding hydrogens is 252 g/mol. The molecule has 1 fully saturated rings.